The summed E-state index contributed by atoms with van der Waals surface area (Å²) >= 11 is 1.71. The van der Waals surface area contributed by atoms with Gasteiger partial charge < -0.3 is 9.73 Å². The molecule has 6 rings (SSSR count). The molecule has 3 atom stereocenters. The fraction of sp³-hybridized carbons (Fsp3) is 0.185. The van der Waals surface area contributed by atoms with E-state index in [1.165, 1.54) is 29.0 Å². The maximum Gasteiger partial charge on any atom is 0.416 e. The number of alkyl halides is 3. The molecule has 0 aliphatic carbocycles. The quantitative estimate of drug-likeness (QED) is 0.252. The van der Waals surface area contributed by atoms with E-state index < -0.39 is 63.8 Å². The van der Waals surface area contributed by atoms with Crippen molar-refractivity contribution in [2.24, 2.45) is 5.92 Å². The van der Waals surface area contributed by atoms with Crippen molar-refractivity contribution in [2.75, 3.05) is 10.2 Å². The van der Waals surface area contributed by atoms with E-state index in [0.717, 1.165) is 58.3 Å². The number of benzene rings is 2. The van der Waals surface area contributed by atoms with Gasteiger partial charge in [-0.2, -0.15) is 13.2 Å². The standard InChI is InChI=1S/C27H17F4N3O5S2/c28-14-6-8-15(9-7-14)32-18(35)12-33-25-22(41-26(33)38)19(17-5-2-10-39-17)20-21(40-25)24(37)34(23(20)36)16-4-1-3-13(11-16)27(29,30)31/h1-11,19-21H,12H2,(H,32,35)/t19-,20?,21?/m1/s1. The van der Waals surface area contributed by atoms with E-state index in [1.54, 1.807) is 12.1 Å². The Kier molecular flexibility index (Phi) is 6.61. The topological polar surface area (TPSA) is 102 Å². The number of fused-ring (bicyclic) bond motifs is 2. The van der Waals surface area contributed by atoms with Crippen LogP contribution < -0.4 is 15.1 Å². The van der Waals surface area contributed by atoms with Crippen LogP contribution in [0.4, 0.5) is 28.9 Å². The summed E-state index contributed by atoms with van der Waals surface area (Å²) < 4.78 is 60.2. The number of halogens is 4. The lowest BCUT2D eigenvalue weighted by Gasteiger charge is -2.29. The minimum Gasteiger partial charge on any atom is -0.469 e. The van der Waals surface area contributed by atoms with Crippen LogP contribution in [0.15, 0.2) is 81.2 Å². The molecule has 0 bridgehead atoms. The first-order valence-corrected chi connectivity index (χ1v) is 13.8. The first-order chi connectivity index (χ1) is 19.5. The molecule has 2 aromatic carbocycles. The van der Waals surface area contributed by atoms with Gasteiger partial charge >= 0.3 is 11.0 Å². The third-order valence-electron chi connectivity index (χ3n) is 6.76. The van der Waals surface area contributed by atoms with Crippen LogP contribution in [0.5, 0.6) is 0 Å². The number of aromatic nitrogens is 1. The van der Waals surface area contributed by atoms with E-state index in [4.69, 9.17) is 4.42 Å². The predicted molar refractivity (Wildman–Crippen MR) is 141 cm³/mol. The minimum atomic E-state index is -4.69. The first kappa shape index (κ1) is 27.0. The van der Waals surface area contributed by atoms with Crippen molar-refractivity contribution >= 4 is 52.2 Å². The van der Waals surface area contributed by atoms with Crippen LogP contribution in [0, 0.1) is 11.7 Å². The molecule has 14 heteroatoms. The number of nitrogens with zero attached hydrogens (tertiary/aromatic N) is 2. The summed E-state index contributed by atoms with van der Waals surface area (Å²) in [7, 11) is 0. The molecule has 3 amide bonds. The largest absolute Gasteiger partial charge is 0.469 e. The molecule has 1 N–H and O–H groups in total. The van der Waals surface area contributed by atoms with Gasteiger partial charge in [-0.3, -0.25) is 23.7 Å². The number of hydrogen-bond donors (Lipinski definition) is 1. The zero-order valence-electron chi connectivity index (χ0n) is 20.6. The third-order valence-corrected chi connectivity index (χ3v) is 9.36. The molecule has 2 aliphatic rings. The fourth-order valence-corrected chi connectivity index (χ4v) is 7.74. The van der Waals surface area contributed by atoms with Gasteiger partial charge in [0.25, 0.3) is 0 Å². The molecule has 0 radical (unpaired) electrons. The average molecular weight is 604 g/mol. The second-order valence-electron chi connectivity index (χ2n) is 9.30. The molecular formula is C27H17F4N3O5S2. The second kappa shape index (κ2) is 10.0. The van der Waals surface area contributed by atoms with Crippen LogP contribution >= 0.6 is 23.1 Å². The highest BCUT2D eigenvalue weighted by molar-refractivity contribution is 8.00. The van der Waals surface area contributed by atoms with Gasteiger partial charge in [-0.15, -0.1) is 0 Å². The van der Waals surface area contributed by atoms with Crippen molar-refractivity contribution in [3.05, 3.63) is 98.6 Å². The van der Waals surface area contributed by atoms with Crippen molar-refractivity contribution in [1.82, 2.24) is 4.57 Å². The summed E-state index contributed by atoms with van der Waals surface area (Å²) in [6.07, 6.45) is -3.32. The van der Waals surface area contributed by atoms with Gasteiger partial charge in [0.1, 0.15) is 23.4 Å². The van der Waals surface area contributed by atoms with E-state index in [1.807, 2.05) is 0 Å². The Balaban J connectivity index is 1.38. The zero-order valence-corrected chi connectivity index (χ0v) is 22.2. The summed E-state index contributed by atoms with van der Waals surface area (Å²) in [5.41, 5.74) is -0.925. The van der Waals surface area contributed by atoms with Crippen LogP contribution in [0.1, 0.15) is 22.1 Å². The van der Waals surface area contributed by atoms with E-state index in [9.17, 15) is 36.7 Å². The molecule has 0 saturated carbocycles. The highest BCUT2D eigenvalue weighted by Crippen LogP contribution is 2.54. The Morgan fingerprint density at radius 2 is 1.76 bits per heavy atom. The van der Waals surface area contributed by atoms with E-state index >= 15 is 0 Å². The second-order valence-corrected chi connectivity index (χ2v) is 11.4. The van der Waals surface area contributed by atoms with Gasteiger partial charge in [-0.25, -0.2) is 9.29 Å². The maximum atomic E-state index is 13.7. The van der Waals surface area contributed by atoms with Crippen molar-refractivity contribution in [3.8, 4) is 0 Å². The predicted octanol–water partition coefficient (Wildman–Crippen LogP) is 5.10. The maximum absolute atomic E-state index is 13.7. The van der Waals surface area contributed by atoms with Gasteiger partial charge in [0.05, 0.1) is 39.3 Å². The lowest BCUT2D eigenvalue weighted by molar-refractivity contribution is -0.137. The average Bonchev–Trinajstić information content (AvgIpc) is 3.62. The van der Waals surface area contributed by atoms with Gasteiger partial charge in [0.2, 0.25) is 17.7 Å². The van der Waals surface area contributed by atoms with Gasteiger partial charge in [0.15, 0.2) is 0 Å². The number of nitrogens with one attached hydrogen (secondary N) is 1. The van der Waals surface area contributed by atoms with Crippen LogP contribution in [0.3, 0.4) is 0 Å². The highest BCUT2D eigenvalue weighted by atomic mass is 32.2. The molecule has 4 heterocycles. The zero-order chi connectivity index (χ0) is 29.1. The monoisotopic (exact) mass is 603 g/mol. The molecular weight excluding hydrogens is 586 g/mol. The number of hydrogen-bond acceptors (Lipinski definition) is 7. The van der Waals surface area contributed by atoms with Crippen LogP contribution in [-0.2, 0) is 27.1 Å². The van der Waals surface area contributed by atoms with Gasteiger partial charge in [-0.1, -0.05) is 29.2 Å². The van der Waals surface area contributed by atoms with Crippen molar-refractivity contribution in [2.45, 2.75) is 28.9 Å². The number of anilines is 2. The van der Waals surface area contributed by atoms with Crippen molar-refractivity contribution < 1.29 is 36.4 Å². The SMILES string of the molecule is O=C(Cn1c2c(sc1=O)[C@H](c1ccco1)C1C(=O)N(c3cccc(C(F)(F)F)c3)C(=O)C1S2)Nc1ccc(F)cc1. The molecule has 0 spiro atoms. The van der Waals surface area contributed by atoms with Crippen LogP contribution in [0.25, 0.3) is 0 Å². The molecule has 1 saturated heterocycles. The highest BCUT2D eigenvalue weighted by Gasteiger charge is 2.57. The van der Waals surface area contributed by atoms with E-state index in [2.05, 4.69) is 5.32 Å². The van der Waals surface area contributed by atoms with Crippen molar-refractivity contribution in [3.63, 3.8) is 0 Å². The lowest BCUT2D eigenvalue weighted by atomic mass is 9.87. The van der Waals surface area contributed by atoms with Crippen LogP contribution in [-0.4, -0.2) is 27.5 Å². The lowest BCUT2D eigenvalue weighted by Crippen LogP contribution is -2.32. The van der Waals surface area contributed by atoms with Gasteiger partial charge in [-0.05, 0) is 54.6 Å². The third kappa shape index (κ3) is 4.76. The van der Waals surface area contributed by atoms with Crippen molar-refractivity contribution in [1.29, 1.82) is 0 Å². The molecule has 210 valence electrons. The number of carbonyl (C=O) groups excluding carboxylic acids is 3. The number of thiazole rings is 1. The Morgan fingerprint density at radius 3 is 2.44 bits per heavy atom. The number of furan rings is 1. The summed E-state index contributed by atoms with van der Waals surface area (Å²) in [5.74, 6) is -4.21. The Labute approximate surface area is 236 Å². The Hall–Kier alpha value is -4.17. The fourth-order valence-electron chi connectivity index (χ4n) is 4.98. The normalized spacial score (nSPS) is 20.2. The minimum absolute atomic E-state index is 0.220. The summed E-state index contributed by atoms with van der Waals surface area (Å²) in [6, 6.07) is 12.2. The summed E-state index contributed by atoms with van der Waals surface area (Å²) in [4.78, 5) is 53.9. The van der Waals surface area contributed by atoms with Gasteiger partial charge in [0, 0.05) is 5.69 Å². The molecule has 2 aliphatic heterocycles. The smallest absolute Gasteiger partial charge is 0.416 e. The molecule has 8 nitrogen and oxygen atoms in total. The molecule has 2 aromatic heterocycles. The summed E-state index contributed by atoms with van der Waals surface area (Å²) in [6.45, 7) is -0.434. The molecule has 2 unspecified atom stereocenters. The van der Waals surface area contributed by atoms with Crippen LogP contribution in [0.2, 0.25) is 0 Å². The molecule has 4 aromatic rings. The summed E-state index contributed by atoms with van der Waals surface area (Å²) in [5, 5.41) is 1.76. The molecule has 41 heavy (non-hydrogen) atoms. The molecule has 1 fully saturated rings. The Morgan fingerprint density at radius 1 is 1.00 bits per heavy atom. The first-order valence-electron chi connectivity index (χ1n) is 12.1. The number of carbonyl (C=O) groups is 3. The number of thioether (sulfide) groups is 1. The number of imide groups is 1. The Bertz CT molecular complexity index is 1730. The number of amides is 3. The van der Waals surface area contributed by atoms with E-state index in [-0.39, 0.29) is 16.5 Å². The van der Waals surface area contributed by atoms with E-state index in [0.29, 0.717) is 10.6 Å². The number of rotatable bonds is 5.